The van der Waals surface area contributed by atoms with Crippen LogP contribution < -0.4 is 4.74 Å². The number of aliphatic hydroxyl groups is 1. The van der Waals surface area contributed by atoms with Crippen molar-refractivity contribution in [2.24, 2.45) is 4.36 Å². The second-order valence-electron chi connectivity index (χ2n) is 7.21. The van der Waals surface area contributed by atoms with Gasteiger partial charge in [0.25, 0.3) is 5.69 Å². The lowest BCUT2D eigenvalue weighted by atomic mass is 10.2. The molecule has 0 aliphatic carbocycles. The Morgan fingerprint density at radius 2 is 2.00 bits per heavy atom. The maximum atomic E-state index is 12.7. The first-order valence-electron chi connectivity index (χ1n) is 8.30. The molecule has 1 amide bonds. The predicted octanol–water partition coefficient (Wildman–Crippen LogP) is 3.28. The van der Waals surface area contributed by atoms with Crippen LogP contribution in [0.5, 0.6) is 5.75 Å². The molecule has 0 bridgehead atoms. The number of carbonyl (C=O) groups is 1. The topological polar surface area (TPSA) is 128 Å². The first-order chi connectivity index (χ1) is 12.3. The van der Waals surface area contributed by atoms with E-state index < -0.39 is 26.3 Å². The van der Waals surface area contributed by atoms with Crippen molar-refractivity contribution in [2.45, 2.75) is 51.6 Å². The standard InChI is InChI=1S/C17H26N2O7S/c1-12(6-7-20)25-15-9-13(8-14(10-15)19(22)23)11-27(5,24)18-16(21)26-17(2,3)4/h8-10,12,20H,6-7,11H2,1-5H3. The smallest absolute Gasteiger partial charge is 0.442 e. The Bertz CT molecular complexity index is 808. The predicted molar refractivity (Wildman–Crippen MR) is 101 cm³/mol. The van der Waals surface area contributed by atoms with Crippen LogP contribution in [-0.2, 0) is 20.2 Å². The summed E-state index contributed by atoms with van der Waals surface area (Å²) in [7, 11) is -3.02. The summed E-state index contributed by atoms with van der Waals surface area (Å²) in [5, 5.41) is 20.1. The molecular weight excluding hydrogens is 376 g/mol. The molecule has 1 aromatic rings. The molecule has 2 atom stereocenters. The lowest BCUT2D eigenvalue weighted by molar-refractivity contribution is -0.385. The Kier molecular flexibility index (Phi) is 7.73. The third-order valence-corrected chi connectivity index (χ3v) is 4.53. The first-order valence-corrected chi connectivity index (χ1v) is 10.4. The van der Waals surface area contributed by atoms with E-state index in [2.05, 4.69) is 4.36 Å². The van der Waals surface area contributed by atoms with Crippen LogP contribution in [0, 0.1) is 10.1 Å². The molecule has 0 aromatic heterocycles. The number of nitrogens with zero attached hydrogens (tertiary/aromatic N) is 2. The van der Waals surface area contributed by atoms with Gasteiger partial charge in [0.1, 0.15) is 11.4 Å². The van der Waals surface area contributed by atoms with E-state index in [4.69, 9.17) is 14.6 Å². The zero-order valence-electron chi connectivity index (χ0n) is 16.1. The summed E-state index contributed by atoms with van der Waals surface area (Å²) in [5.41, 5.74) is -0.660. The van der Waals surface area contributed by atoms with E-state index in [0.717, 1.165) is 0 Å². The Balaban J connectivity index is 3.13. The highest BCUT2D eigenvalue weighted by Crippen LogP contribution is 2.25. The number of aliphatic hydroxyl groups excluding tert-OH is 1. The molecule has 27 heavy (non-hydrogen) atoms. The van der Waals surface area contributed by atoms with Crippen molar-refractivity contribution in [3.05, 3.63) is 33.9 Å². The van der Waals surface area contributed by atoms with Gasteiger partial charge in [-0.25, -0.2) is 9.00 Å². The summed E-state index contributed by atoms with van der Waals surface area (Å²) in [4.78, 5) is 22.4. The van der Waals surface area contributed by atoms with Gasteiger partial charge in [-0.3, -0.25) is 10.1 Å². The molecular formula is C17H26N2O7S. The average molecular weight is 402 g/mol. The van der Waals surface area contributed by atoms with E-state index in [0.29, 0.717) is 12.0 Å². The number of nitro benzene ring substituents is 1. The fourth-order valence-electron chi connectivity index (χ4n) is 2.15. The van der Waals surface area contributed by atoms with Crippen molar-refractivity contribution in [3.63, 3.8) is 0 Å². The highest BCUT2D eigenvalue weighted by atomic mass is 32.2. The summed E-state index contributed by atoms with van der Waals surface area (Å²) in [6.07, 6.45) is 0.331. The van der Waals surface area contributed by atoms with Crippen LogP contribution in [0.2, 0.25) is 0 Å². The normalized spacial score (nSPS) is 14.7. The van der Waals surface area contributed by atoms with Gasteiger partial charge in [-0.2, -0.15) is 0 Å². The maximum absolute atomic E-state index is 12.7. The summed E-state index contributed by atoms with van der Waals surface area (Å²) >= 11 is 0. The molecule has 0 aliphatic rings. The zero-order valence-corrected chi connectivity index (χ0v) is 16.9. The molecule has 2 unspecified atom stereocenters. The van der Waals surface area contributed by atoms with Gasteiger partial charge in [-0.05, 0) is 39.3 Å². The minimum Gasteiger partial charge on any atom is -0.490 e. The molecule has 0 saturated heterocycles. The van der Waals surface area contributed by atoms with Crippen molar-refractivity contribution < 1.29 is 28.5 Å². The largest absolute Gasteiger partial charge is 0.490 e. The number of rotatable bonds is 7. The molecule has 0 radical (unpaired) electrons. The lowest BCUT2D eigenvalue weighted by Crippen LogP contribution is -2.22. The van der Waals surface area contributed by atoms with Gasteiger partial charge in [0.05, 0.1) is 32.6 Å². The Hall–Kier alpha value is -2.20. The van der Waals surface area contributed by atoms with E-state index in [9.17, 15) is 19.1 Å². The fourth-order valence-corrected chi connectivity index (χ4v) is 3.36. The lowest BCUT2D eigenvalue weighted by Gasteiger charge is -2.17. The minimum absolute atomic E-state index is 0.0828. The van der Waals surface area contributed by atoms with Gasteiger partial charge in [0.15, 0.2) is 0 Å². The number of ether oxygens (including phenoxy) is 2. The molecule has 0 spiro atoms. The number of non-ortho nitro benzene ring substituents is 1. The van der Waals surface area contributed by atoms with Crippen molar-refractivity contribution >= 4 is 21.5 Å². The van der Waals surface area contributed by atoms with Crippen molar-refractivity contribution in [2.75, 3.05) is 12.9 Å². The van der Waals surface area contributed by atoms with Crippen molar-refractivity contribution in [1.82, 2.24) is 0 Å². The third-order valence-electron chi connectivity index (χ3n) is 3.13. The van der Waals surface area contributed by atoms with E-state index in [1.165, 1.54) is 24.5 Å². The summed E-state index contributed by atoms with van der Waals surface area (Å²) in [6.45, 7) is 6.62. The van der Waals surface area contributed by atoms with E-state index in [-0.39, 0.29) is 29.9 Å². The quantitative estimate of drug-likeness (QED) is 0.547. The molecule has 1 aromatic carbocycles. The summed E-state index contributed by atoms with van der Waals surface area (Å²) < 4.78 is 26.9. The SMILES string of the molecule is CC(CCO)Oc1cc(CS(C)(=O)=NC(=O)OC(C)(C)C)cc([N+](=O)[O-])c1. The van der Waals surface area contributed by atoms with Crippen LogP contribution in [0.1, 0.15) is 39.7 Å². The molecule has 1 rings (SSSR count). The molecule has 152 valence electrons. The van der Waals surface area contributed by atoms with Crippen molar-refractivity contribution in [1.29, 1.82) is 0 Å². The first kappa shape index (κ1) is 22.8. The number of hydrogen-bond acceptors (Lipinski definition) is 7. The molecule has 0 aliphatic heterocycles. The van der Waals surface area contributed by atoms with E-state index in [1.54, 1.807) is 27.7 Å². The highest BCUT2D eigenvalue weighted by molar-refractivity contribution is 7.92. The Morgan fingerprint density at radius 3 is 2.52 bits per heavy atom. The highest BCUT2D eigenvalue weighted by Gasteiger charge is 2.19. The fraction of sp³-hybridized carbons (Fsp3) is 0.588. The van der Waals surface area contributed by atoms with Crippen LogP contribution in [0.3, 0.4) is 0 Å². The molecule has 10 heteroatoms. The van der Waals surface area contributed by atoms with Crippen LogP contribution in [-0.4, -0.2) is 44.9 Å². The van der Waals surface area contributed by atoms with E-state index in [1.807, 2.05) is 0 Å². The van der Waals surface area contributed by atoms with Gasteiger partial charge in [0.2, 0.25) is 0 Å². The van der Waals surface area contributed by atoms with Crippen LogP contribution in [0.15, 0.2) is 22.6 Å². The molecule has 1 N–H and O–H groups in total. The average Bonchev–Trinajstić information content (AvgIpc) is 2.43. The number of hydrogen-bond donors (Lipinski definition) is 1. The monoisotopic (exact) mass is 402 g/mol. The zero-order chi connectivity index (χ0) is 20.8. The number of nitro groups is 1. The van der Waals surface area contributed by atoms with Gasteiger partial charge >= 0.3 is 6.09 Å². The minimum atomic E-state index is -3.02. The molecule has 0 heterocycles. The second-order valence-corrected chi connectivity index (χ2v) is 9.60. The number of carbonyl (C=O) groups excluding carboxylic acids is 1. The van der Waals surface area contributed by atoms with Gasteiger partial charge in [-0.15, -0.1) is 4.36 Å². The third kappa shape index (κ3) is 8.83. The summed E-state index contributed by atoms with van der Waals surface area (Å²) in [5.74, 6) is 0.0335. The molecule has 9 nitrogen and oxygen atoms in total. The van der Waals surface area contributed by atoms with E-state index >= 15 is 0 Å². The molecule has 0 saturated carbocycles. The van der Waals surface area contributed by atoms with Crippen LogP contribution in [0.25, 0.3) is 0 Å². The Morgan fingerprint density at radius 1 is 1.37 bits per heavy atom. The molecule has 0 fully saturated rings. The summed E-state index contributed by atoms with van der Waals surface area (Å²) in [6, 6.07) is 4.02. The van der Waals surface area contributed by atoms with Crippen LogP contribution in [0.4, 0.5) is 10.5 Å². The van der Waals surface area contributed by atoms with Crippen molar-refractivity contribution in [3.8, 4) is 5.75 Å². The van der Waals surface area contributed by atoms with Gasteiger partial charge in [0, 0.05) is 25.3 Å². The van der Waals surface area contributed by atoms with Crippen LogP contribution >= 0.6 is 0 Å². The Labute approximate surface area is 159 Å². The maximum Gasteiger partial charge on any atom is 0.442 e. The van der Waals surface area contributed by atoms with Gasteiger partial charge < -0.3 is 14.6 Å². The number of benzene rings is 1. The van der Waals surface area contributed by atoms with Gasteiger partial charge in [-0.1, -0.05) is 0 Å². The number of amides is 1. The second kappa shape index (κ2) is 9.14.